The Labute approximate surface area is 205 Å². The van der Waals surface area contributed by atoms with Crippen molar-refractivity contribution in [3.05, 3.63) is 91.0 Å². The summed E-state index contributed by atoms with van der Waals surface area (Å²) >= 11 is 0. The van der Waals surface area contributed by atoms with E-state index in [9.17, 15) is 4.79 Å². The smallest absolute Gasteiger partial charge is 0.273 e. The highest BCUT2D eigenvalue weighted by atomic mass is 16.5. The van der Waals surface area contributed by atoms with Crippen molar-refractivity contribution in [1.82, 2.24) is 29.8 Å². The zero-order valence-corrected chi connectivity index (χ0v) is 19.1. The van der Waals surface area contributed by atoms with Gasteiger partial charge in [0, 0.05) is 27.7 Å². The van der Waals surface area contributed by atoms with Gasteiger partial charge in [0.1, 0.15) is 11.4 Å². The molecule has 0 saturated heterocycles. The van der Waals surface area contributed by atoms with E-state index < -0.39 is 0 Å². The molecule has 10 heteroatoms. The molecule has 3 aromatic heterocycles. The number of aromatic amines is 1. The van der Waals surface area contributed by atoms with Gasteiger partial charge in [-0.25, -0.2) is 4.98 Å². The lowest BCUT2D eigenvalue weighted by Crippen LogP contribution is -2.12. The summed E-state index contributed by atoms with van der Waals surface area (Å²) in [7, 11) is 1.63. The number of hydrogen-bond acceptors (Lipinski definition) is 7. The summed E-state index contributed by atoms with van der Waals surface area (Å²) in [4.78, 5) is 19.1. The predicted molar refractivity (Wildman–Crippen MR) is 137 cm³/mol. The average molecular weight is 477 g/mol. The number of hydrogen-bond donors (Lipinski definition) is 3. The topological polar surface area (TPSA) is 122 Å². The summed E-state index contributed by atoms with van der Waals surface area (Å²) in [5.74, 6) is 1.72. The predicted octanol–water partition coefficient (Wildman–Crippen LogP) is 4.67. The fraction of sp³-hybridized carbons (Fsp3) is 0.0385. The monoisotopic (exact) mass is 476 g/mol. The number of nitrogens with zero attached hydrogens (tertiary/aromatic N) is 5. The van der Waals surface area contributed by atoms with Crippen LogP contribution < -0.4 is 15.4 Å². The lowest BCUT2D eigenvalue weighted by Gasteiger charge is -2.12. The number of ether oxygens (including phenoxy) is 1. The van der Waals surface area contributed by atoms with Gasteiger partial charge in [0.05, 0.1) is 19.6 Å². The van der Waals surface area contributed by atoms with E-state index in [1.54, 1.807) is 11.6 Å². The van der Waals surface area contributed by atoms with E-state index in [-0.39, 0.29) is 5.91 Å². The molecular formula is C26H20N8O2. The number of methoxy groups -OCH3 is 1. The van der Waals surface area contributed by atoms with E-state index in [1.165, 1.54) is 12.5 Å². The molecule has 3 N–H and O–H groups in total. The van der Waals surface area contributed by atoms with Gasteiger partial charge in [-0.05, 0) is 42.5 Å². The van der Waals surface area contributed by atoms with Crippen LogP contribution >= 0.6 is 0 Å². The molecule has 0 aliphatic carbocycles. The Balaban J connectivity index is 1.39. The van der Waals surface area contributed by atoms with Crippen LogP contribution in [0.4, 0.5) is 17.2 Å². The van der Waals surface area contributed by atoms with E-state index >= 15 is 0 Å². The van der Waals surface area contributed by atoms with E-state index in [0.29, 0.717) is 28.7 Å². The molecule has 6 aromatic rings. The first kappa shape index (κ1) is 21.3. The molecule has 36 heavy (non-hydrogen) atoms. The molecule has 0 aliphatic rings. The molecule has 0 atom stereocenters. The molecule has 0 bridgehead atoms. The summed E-state index contributed by atoms with van der Waals surface area (Å²) in [6.45, 7) is 0. The number of imidazole rings is 1. The maximum atomic E-state index is 12.4. The first-order chi connectivity index (χ1) is 17.7. The van der Waals surface area contributed by atoms with Crippen molar-refractivity contribution in [3.8, 4) is 17.1 Å². The van der Waals surface area contributed by atoms with Gasteiger partial charge in [-0.15, -0.1) is 15.3 Å². The minimum absolute atomic E-state index is 0.275. The number of rotatable bonds is 6. The van der Waals surface area contributed by atoms with Gasteiger partial charge in [-0.3, -0.25) is 4.79 Å². The second-order valence-corrected chi connectivity index (χ2v) is 8.01. The van der Waals surface area contributed by atoms with Crippen LogP contribution in [0.2, 0.25) is 0 Å². The first-order valence-corrected chi connectivity index (χ1v) is 11.1. The second kappa shape index (κ2) is 8.84. The summed E-state index contributed by atoms with van der Waals surface area (Å²) in [6, 6.07) is 22.9. The van der Waals surface area contributed by atoms with Crippen molar-refractivity contribution < 1.29 is 9.53 Å². The van der Waals surface area contributed by atoms with Crippen LogP contribution in [0.3, 0.4) is 0 Å². The Morgan fingerprint density at radius 1 is 0.944 bits per heavy atom. The molecule has 1 amide bonds. The lowest BCUT2D eigenvalue weighted by molar-refractivity contribution is 0.102. The standard InChI is InChI=1S/C26H20N8O2/c1-36-19-11-9-16(10-12-19)24-31-32-25-21-8-3-2-7-20(21)23(33-34(24)25)29-17-5-4-6-18(13-17)30-26(35)22-14-27-15-28-22/h2-15H,1H3,(H,27,28)(H,29,33)(H,30,35). The van der Waals surface area contributed by atoms with Gasteiger partial charge >= 0.3 is 0 Å². The third-order valence-corrected chi connectivity index (χ3v) is 5.74. The molecule has 0 aliphatic heterocycles. The van der Waals surface area contributed by atoms with Gasteiger partial charge < -0.3 is 20.4 Å². The summed E-state index contributed by atoms with van der Waals surface area (Å²) in [5.41, 5.74) is 3.29. The van der Waals surface area contributed by atoms with E-state index in [4.69, 9.17) is 9.84 Å². The highest BCUT2D eigenvalue weighted by Gasteiger charge is 2.16. The van der Waals surface area contributed by atoms with Crippen LogP contribution in [-0.4, -0.2) is 42.8 Å². The normalized spacial score (nSPS) is 11.0. The summed E-state index contributed by atoms with van der Waals surface area (Å²) < 4.78 is 7.00. The molecular weight excluding hydrogens is 456 g/mol. The SMILES string of the molecule is COc1ccc(-c2nnc3c4ccccc4c(Nc4cccc(NC(=O)c5cnc[nH]5)c4)nn23)cc1. The molecule has 10 nitrogen and oxygen atoms in total. The maximum Gasteiger partial charge on any atom is 0.273 e. The molecule has 0 radical (unpaired) electrons. The molecule has 0 spiro atoms. The Kier molecular flexibility index (Phi) is 5.23. The van der Waals surface area contributed by atoms with Crippen LogP contribution in [0.5, 0.6) is 5.75 Å². The van der Waals surface area contributed by atoms with Gasteiger partial charge in [-0.1, -0.05) is 30.3 Å². The van der Waals surface area contributed by atoms with Crippen molar-refractivity contribution in [3.63, 3.8) is 0 Å². The number of anilines is 3. The number of H-pyrrole nitrogens is 1. The van der Waals surface area contributed by atoms with Crippen LogP contribution in [0.25, 0.3) is 27.8 Å². The number of aromatic nitrogens is 6. The van der Waals surface area contributed by atoms with Crippen molar-refractivity contribution in [2.24, 2.45) is 0 Å². The van der Waals surface area contributed by atoms with Crippen LogP contribution in [0.1, 0.15) is 10.5 Å². The van der Waals surface area contributed by atoms with Crippen LogP contribution in [0.15, 0.2) is 85.3 Å². The fourth-order valence-electron chi connectivity index (χ4n) is 3.98. The molecule has 3 heterocycles. The van der Waals surface area contributed by atoms with Crippen molar-refractivity contribution in [2.75, 3.05) is 17.7 Å². The van der Waals surface area contributed by atoms with Crippen molar-refractivity contribution in [2.45, 2.75) is 0 Å². The van der Waals surface area contributed by atoms with Gasteiger partial charge in [0.15, 0.2) is 17.3 Å². The Morgan fingerprint density at radius 2 is 1.75 bits per heavy atom. The fourth-order valence-corrected chi connectivity index (χ4v) is 3.98. The second-order valence-electron chi connectivity index (χ2n) is 8.01. The van der Waals surface area contributed by atoms with Gasteiger partial charge in [0.25, 0.3) is 5.91 Å². The number of carbonyl (C=O) groups is 1. The number of amides is 1. The van der Waals surface area contributed by atoms with E-state index in [2.05, 4.69) is 30.8 Å². The molecule has 0 saturated carbocycles. The molecule has 0 fully saturated rings. The Hall–Kier alpha value is -5.25. The van der Waals surface area contributed by atoms with Crippen molar-refractivity contribution in [1.29, 1.82) is 0 Å². The van der Waals surface area contributed by atoms with Gasteiger partial charge in [0.2, 0.25) is 0 Å². The minimum atomic E-state index is -0.275. The number of benzene rings is 3. The number of nitrogens with one attached hydrogen (secondary N) is 3. The minimum Gasteiger partial charge on any atom is -0.497 e. The molecule has 0 unspecified atom stereocenters. The average Bonchev–Trinajstić information content (AvgIpc) is 3.60. The summed E-state index contributed by atoms with van der Waals surface area (Å²) in [5, 5.41) is 21.8. The third kappa shape index (κ3) is 3.86. The number of fused-ring (bicyclic) bond motifs is 3. The zero-order chi connectivity index (χ0) is 24.5. The highest BCUT2D eigenvalue weighted by molar-refractivity contribution is 6.03. The zero-order valence-electron chi connectivity index (χ0n) is 19.1. The third-order valence-electron chi connectivity index (χ3n) is 5.74. The largest absolute Gasteiger partial charge is 0.497 e. The highest BCUT2D eigenvalue weighted by Crippen LogP contribution is 2.30. The van der Waals surface area contributed by atoms with E-state index in [1.807, 2.05) is 72.8 Å². The Morgan fingerprint density at radius 3 is 2.53 bits per heavy atom. The first-order valence-electron chi connectivity index (χ1n) is 11.1. The van der Waals surface area contributed by atoms with E-state index in [0.717, 1.165) is 27.8 Å². The molecule has 176 valence electrons. The Bertz CT molecular complexity index is 1690. The van der Waals surface area contributed by atoms with Crippen LogP contribution in [0, 0.1) is 0 Å². The van der Waals surface area contributed by atoms with Crippen molar-refractivity contribution >= 4 is 39.5 Å². The quantitative estimate of drug-likeness (QED) is 0.319. The lowest BCUT2D eigenvalue weighted by atomic mass is 10.1. The molecule has 3 aromatic carbocycles. The molecule has 6 rings (SSSR count). The number of carbonyl (C=O) groups excluding carboxylic acids is 1. The van der Waals surface area contributed by atoms with Gasteiger partial charge in [-0.2, -0.15) is 4.52 Å². The summed E-state index contributed by atoms with van der Waals surface area (Å²) in [6.07, 6.45) is 2.94. The maximum absolute atomic E-state index is 12.4. The van der Waals surface area contributed by atoms with Crippen LogP contribution in [-0.2, 0) is 0 Å².